The van der Waals surface area contributed by atoms with Crippen molar-refractivity contribution in [1.82, 2.24) is 15.2 Å². The minimum Gasteiger partial charge on any atom is -0.354 e. The summed E-state index contributed by atoms with van der Waals surface area (Å²) in [6.45, 7) is 7.95. The van der Waals surface area contributed by atoms with Gasteiger partial charge in [0, 0.05) is 43.9 Å². The third kappa shape index (κ3) is 4.96. The summed E-state index contributed by atoms with van der Waals surface area (Å²) in [7, 11) is 0. The van der Waals surface area contributed by atoms with E-state index in [1.807, 2.05) is 36.4 Å². The van der Waals surface area contributed by atoms with Crippen LogP contribution in [0.4, 0.5) is 5.82 Å². The smallest absolute Gasteiger partial charge is 0.252 e. The lowest BCUT2D eigenvalue weighted by Crippen LogP contribution is -2.46. The van der Waals surface area contributed by atoms with Crippen molar-refractivity contribution >= 4 is 23.3 Å². The van der Waals surface area contributed by atoms with Crippen LogP contribution in [-0.2, 0) is 6.42 Å². The van der Waals surface area contributed by atoms with E-state index in [4.69, 9.17) is 11.6 Å². The predicted molar refractivity (Wildman–Crippen MR) is 106 cm³/mol. The number of nitrogens with zero attached hydrogens (tertiary/aromatic N) is 3. The zero-order valence-electron chi connectivity index (χ0n) is 15.1. The van der Waals surface area contributed by atoms with Crippen molar-refractivity contribution < 1.29 is 4.79 Å². The molecule has 0 atom stereocenters. The van der Waals surface area contributed by atoms with Gasteiger partial charge in [0.25, 0.3) is 5.91 Å². The Morgan fingerprint density at radius 3 is 2.46 bits per heavy atom. The summed E-state index contributed by atoms with van der Waals surface area (Å²) in [4.78, 5) is 21.4. The highest BCUT2D eigenvalue weighted by atomic mass is 35.5. The molecule has 0 saturated carbocycles. The molecule has 1 N–H and O–H groups in total. The second-order valence-corrected chi connectivity index (χ2v) is 6.90. The number of pyridine rings is 1. The predicted octanol–water partition coefficient (Wildman–Crippen LogP) is 2.85. The lowest BCUT2D eigenvalue weighted by atomic mass is 10.1. The molecule has 0 spiro atoms. The fourth-order valence-corrected chi connectivity index (χ4v) is 3.20. The number of piperazine rings is 1. The average molecular weight is 373 g/mol. The van der Waals surface area contributed by atoms with Gasteiger partial charge in [-0.2, -0.15) is 0 Å². The van der Waals surface area contributed by atoms with Gasteiger partial charge in [0.05, 0.1) is 5.56 Å². The molecule has 2 heterocycles. The summed E-state index contributed by atoms with van der Waals surface area (Å²) >= 11 is 5.88. The maximum atomic E-state index is 12.3. The van der Waals surface area contributed by atoms with Crippen LogP contribution in [0.2, 0.25) is 5.02 Å². The summed E-state index contributed by atoms with van der Waals surface area (Å²) in [6.07, 6.45) is 2.44. The standard InChI is InChI=1S/C20H25ClN4O/c1-2-24-11-13-25(14-12-24)19-8-5-17(15-23-19)20(26)22-10-9-16-3-6-18(21)7-4-16/h3-8,15H,2,9-14H2,1H3,(H,22,26). The maximum absolute atomic E-state index is 12.3. The third-order valence-corrected chi connectivity index (χ3v) is 5.02. The first-order valence-electron chi connectivity index (χ1n) is 9.11. The molecule has 0 bridgehead atoms. The van der Waals surface area contributed by atoms with Gasteiger partial charge in [-0.3, -0.25) is 4.79 Å². The molecule has 1 fully saturated rings. The Morgan fingerprint density at radius 2 is 1.85 bits per heavy atom. The molecule has 1 aromatic heterocycles. The number of aromatic nitrogens is 1. The SMILES string of the molecule is CCN1CCN(c2ccc(C(=O)NCCc3ccc(Cl)cc3)cn2)CC1. The number of nitrogens with one attached hydrogen (secondary N) is 1. The molecule has 1 aliphatic rings. The van der Waals surface area contributed by atoms with E-state index in [1.54, 1.807) is 6.20 Å². The van der Waals surface area contributed by atoms with E-state index in [9.17, 15) is 4.79 Å². The Bertz CT molecular complexity index is 710. The van der Waals surface area contributed by atoms with Gasteiger partial charge in [0.1, 0.15) is 5.82 Å². The molecule has 3 rings (SSSR count). The number of anilines is 1. The molecule has 1 aromatic carbocycles. The van der Waals surface area contributed by atoms with Crippen molar-refractivity contribution in [3.05, 3.63) is 58.7 Å². The van der Waals surface area contributed by atoms with E-state index in [-0.39, 0.29) is 5.91 Å². The Balaban J connectivity index is 1.48. The van der Waals surface area contributed by atoms with E-state index in [2.05, 4.69) is 27.0 Å². The van der Waals surface area contributed by atoms with Crippen molar-refractivity contribution in [2.45, 2.75) is 13.3 Å². The van der Waals surface area contributed by atoms with Crippen molar-refractivity contribution in [1.29, 1.82) is 0 Å². The lowest BCUT2D eigenvalue weighted by molar-refractivity contribution is 0.0954. The molecule has 0 unspecified atom stereocenters. The Morgan fingerprint density at radius 1 is 1.12 bits per heavy atom. The fourth-order valence-electron chi connectivity index (χ4n) is 3.07. The first kappa shape index (κ1) is 18.7. The van der Waals surface area contributed by atoms with Gasteiger partial charge >= 0.3 is 0 Å². The number of benzene rings is 1. The van der Waals surface area contributed by atoms with Crippen LogP contribution >= 0.6 is 11.6 Å². The van der Waals surface area contributed by atoms with Crippen LogP contribution in [0.1, 0.15) is 22.8 Å². The minimum atomic E-state index is -0.0891. The zero-order valence-corrected chi connectivity index (χ0v) is 15.9. The number of rotatable bonds is 6. The Hall–Kier alpha value is -2.11. The summed E-state index contributed by atoms with van der Waals surface area (Å²) in [5.74, 6) is 0.854. The van der Waals surface area contributed by atoms with Gasteiger partial charge in [0.15, 0.2) is 0 Å². The van der Waals surface area contributed by atoms with E-state index in [1.165, 1.54) is 0 Å². The van der Waals surface area contributed by atoms with E-state index in [0.717, 1.165) is 55.5 Å². The van der Waals surface area contributed by atoms with Gasteiger partial charge in [-0.15, -0.1) is 0 Å². The van der Waals surface area contributed by atoms with Crippen molar-refractivity contribution in [3.8, 4) is 0 Å². The number of carbonyl (C=O) groups excluding carboxylic acids is 1. The third-order valence-electron chi connectivity index (χ3n) is 4.77. The fraction of sp³-hybridized carbons (Fsp3) is 0.400. The highest BCUT2D eigenvalue weighted by Crippen LogP contribution is 2.14. The number of amides is 1. The molecular weight excluding hydrogens is 348 g/mol. The maximum Gasteiger partial charge on any atom is 0.252 e. The van der Waals surface area contributed by atoms with E-state index in [0.29, 0.717) is 12.1 Å². The second kappa shape index (κ2) is 9.01. The molecule has 1 aliphatic heterocycles. The van der Waals surface area contributed by atoms with Gasteiger partial charge in [-0.1, -0.05) is 30.7 Å². The lowest BCUT2D eigenvalue weighted by Gasteiger charge is -2.34. The number of hydrogen-bond acceptors (Lipinski definition) is 4. The topological polar surface area (TPSA) is 48.5 Å². The van der Waals surface area contributed by atoms with Crippen molar-refractivity contribution in [2.75, 3.05) is 44.2 Å². The molecule has 0 aliphatic carbocycles. The Labute approximate surface area is 160 Å². The summed E-state index contributed by atoms with van der Waals surface area (Å²) in [6, 6.07) is 11.5. The van der Waals surface area contributed by atoms with Gasteiger partial charge in [0.2, 0.25) is 0 Å². The largest absolute Gasteiger partial charge is 0.354 e. The van der Waals surface area contributed by atoms with Crippen LogP contribution in [0.5, 0.6) is 0 Å². The van der Waals surface area contributed by atoms with Crippen molar-refractivity contribution in [2.24, 2.45) is 0 Å². The molecule has 138 valence electrons. The van der Waals surface area contributed by atoms with Crippen molar-refractivity contribution in [3.63, 3.8) is 0 Å². The Kier molecular flexibility index (Phi) is 6.47. The first-order chi connectivity index (χ1) is 12.7. The highest BCUT2D eigenvalue weighted by Gasteiger charge is 2.17. The molecule has 6 heteroatoms. The average Bonchev–Trinajstić information content (AvgIpc) is 2.69. The van der Waals surface area contributed by atoms with E-state index >= 15 is 0 Å². The van der Waals surface area contributed by atoms with Crippen LogP contribution in [0.3, 0.4) is 0 Å². The molecular formula is C20H25ClN4O. The van der Waals surface area contributed by atoms with Gasteiger partial charge in [-0.05, 0) is 42.8 Å². The minimum absolute atomic E-state index is 0.0891. The normalized spacial score (nSPS) is 15.1. The van der Waals surface area contributed by atoms with Crippen LogP contribution in [0.25, 0.3) is 0 Å². The highest BCUT2D eigenvalue weighted by molar-refractivity contribution is 6.30. The number of carbonyl (C=O) groups is 1. The summed E-state index contributed by atoms with van der Waals surface area (Å²) in [5, 5.41) is 3.66. The molecule has 26 heavy (non-hydrogen) atoms. The quantitative estimate of drug-likeness (QED) is 0.847. The molecule has 2 aromatic rings. The van der Waals surface area contributed by atoms with Crippen LogP contribution in [-0.4, -0.2) is 55.1 Å². The number of likely N-dealkylation sites (N-methyl/N-ethyl adjacent to an activating group) is 1. The zero-order chi connectivity index (χ0) is 18.4. The molecule has 5 nitrogen and oxygen atoms in total. The van der Waals surface area contributed by atoms with Crippen LogP contribution in [0.15, 0.2) is 42.6 Å². The first-order valence-corrected chi connectivity index (χ1v) is 9.49. The van der Waals surface area contributed by atoms with Crippen LogP contribution < -0.4 is 10.2 Å². The molecule has 0 radical (unpaired) electrons. The molecule has 1 amide bonds. The van der Waals surface area contributed by atoms with Crippen LogP contribution in [0, 0.1) is 0 Å². The van der Waals surface area contributed by atoms with E-state index < -0.39 is 0 Å². The second-order valence-electron chi connectivity index (χ2n) is 6.46. The summed E-state index contributed by atoms with van der Waals surface area (Å²) in [5.41, 5.74) is 1.74. The van der Waals surface area contributed by atoms with Gasteiger partial charge in [-0.25, -0.2) is 4.98 Å². The van der Waals surface area contributed by atoms with Gasteiger partial charge < -0.3 is 15.1 Å². The number of hydrogen-bond donors (Lipinski definition) is 1. The number of halogens is 1. The monoisotopic (exact) mass is 372 g/mol. The summed E-state index contributed by atoms with van der Waals surface area (Å²) < 4.78 is 0. The molecule has 1 saturated heterocycles.